The van der Waals surface area contributed by atoms with E-state index < -0.39 is 6.80 Å². The van der Waals surface area contributed by atoms with Crippen LogP contribution < -0.4 is 9.05 Å². The highest BCUT2D eigenvalue weighted by molar-refractivity contribution is 8.55. The molecule has 0 radical (unpaired) electrons. The van der Waals surface area contributed by atoms with Crippen LogP contribution in [0.25, 0.3) is 0 Å². The molecule has 0 saturated carbocycles. The van der Waals surface area contributed by atoms with Crippen molar-refractivity contribution >= 4 is 18.2 Å². The van der Waals surface area contributed by atoms with E-state index in [1.807, 2.05) is 43.3 Å². The summed E-state index contributed by atoms with van der Waals surface area (Å²) in [6.45, 7) is -1.33. The molecule has 19 heavy (non-hydrogen) atoms. The lowest BCUT2D eigenvalue weighted by Gasteiger charge is -2.18. The summed E-state index contributed by atoms with van der Waals surface area (Å²) in [4.78, 5) is 0. The Balaban J connectivity index is 2.16. The van der Waals surface area contributed by atoms with E-state index in [1.54, 1.807) is 24.3 Å². The van der Waals surface area contributed by atoms with Crippen molar-refractivity contribution in [1.29, 1.82) is 0 Å². The van der Waals surface area contributed by atoms with Crippen LogP contribution in [-0.4, -0.2) is 5.75 Å². The summed E-state index contributed by atoms with van der Waals surface area (Å²) in [5.41, 5.74) is 0. The molecule has 0 heterocycles. The Morgan fingerprint density at radius 3 is 1.68 bits per heavy atom. The van der Waals surface area contributed by atoms with Gasteiger partial charge in [-0.15, -0.1) is 0 Å². The molecule has 0 aromatic heterocycles. The molecule has 0 spiro atoms. The highest BCUT2D eigenvalue weighted by atomic mass is 32.7. The van der Waals surface area contributed by atoms with Crippen molar-refractivity contribution < 1.29 is 13.6 Å². The van der Waals surface area contributed by atoms with Crippen LogP contribution in [0.5, 0.6) is 11.5 Å². The number of benzene rings is 2. The van der Waals surface area contributed by atoms with Crippen LogP contribution in [0.3, 0.4) is 0 Å². The molecule has 0 atom stereocenters. The maximum absolute atomic E-state index is 12.7. The molecule has 5 heteroatoms. The molecule has 2 aromatic rings. The van der Waals surface area contributed by atoms with Crippen LogP contribution in [0.4, 0.5) is 0 Å². The van der Waals surface area contributed by atoms with Crippen molar-refractivity contribution in [3.05, 3.63) is 60.7 Å². The summed E-state index contributed by atoms with van der Waals surface area (Å²) in [6.07, 6.45) is 0. The summed E-state index contributed by atoms with van der Waals surface area (Å²) in [5, 5.41) is 0. The van der Waals surface area contributed by atoms with Gasteiger partial charge in [-0.05, 0) is 35.6 Å². The molecule has 2 aromatic carbocycles. The average molecular weight is 294 g/mol. The van der Waals surface area contributed by atoms with E-state index in [-0.39, 0.29) is 0 Å². The van der Waals surface area contributed by atoms with Gasteiger partial charge in [0.1, 0.15) is 11.5 Å². The maximum Gasteiger partial charge on any atom is 0.492 e. The Morgan fingerprint density at radius 2 is 1.32 bits per heavy atom. The van der Waals surface area contributed by atoms with Crippen LogP contribution in [0.1, 0.15) is 6.92 Å². The smallest absolute Gasteiger partial charge is 0.408 e. The predicted molar refractivity (Wildman–Crippen MR) is 79.9 cm³/mol. The molecular weight excluding hydrogens is 279 g/mol. The zero-order valence-electron chi connectivity index (χ0n) is 10.6. The second kappa shape index (κ2) is 6.69. The lowest BCUT2D eigenvalue weighted by molar-refractivity contribution is 0.408. The first kappa shape index (κ1) is 14.0. The fraction of sp³-hybridized carbons (Fsp3) is 0.143. The first-order valence-corrected chi connectivity index (χ1v) is 9.09. The minimum Gasteiger partial charge on any atom is -0.408 e. The average Bonchev–Trinajstić information content (AvgIpc) is 2.41. The Bertz CT molecular complexity index is 500. The van der Waals surface area contributed by atoms with Crippen LogP contribution in [0.2, 0.25) is 0 Å². The second-order valence-electron chi connectivity index (χ2n) is 3.67. The third-order valence-electron chi connectivity index (χ3n) is 2.21. The first-order valence-electron chi connectivity index (χ1n) is 5.96. The van der Waals surface area contributed by atoms with Gasteiger partial charge in [0.2, 0.25) is 0 Å². The SMILES string of the molecule is CCSP(=O)(Oc1ccccc1)Oc1ccccc1. The Morgan fingerprint density at radius 1 is 0.895 bits per heavy atom. The van der Waals surface area contributed by atoms with E-state index in [0.29, 0.717) is 17.3 Å². The van der Waals surface area contributed by atoms with Gasteiger partial charge >= 0.3 is 6.80 Å². The van der Waals surface area contributed by atoms with E-state index in [1.165, 1.54) is 11.4 Å². The Labute approximate surface area is 117 Å². The van der Waals surface area contributed by atoms with Crippen molar-refractivity contribution in [3.63, 3.8) is 0 Å². The van der Waals surface area contributed by atoms with Gasteiger partial charge in [-0.3, -0.25) is 0 Å². The van der Waals surface area contributed by atoms with Crippen LogP contribution in [0, 0.1) is 0 Å². The lowest BCUT2D eigenvalue weighted by Crippen LogP contribution is -1.98. The number of hydrogen-bond donors (Lipinski definition) is 0. The molecule has 100 valence electrons. The minimum absolute atomic E-state index is 0.544. The largest absolute Gasteiger partial charge is 0.492 e. The van der Waals surface area contributed by atoms with Gasteiger partial charge < -0.3 is 9.05 Å². The van der Waals surface area contributed by atoms with E-state index >= 15 is 0 Å². The molecule has 3 nitrogen and oxygen atoms in total. The fourth-order valence-corrected chi connectivity index (χ4v) is 4.45. The molecule has 0 unspecified atom stereocenters. The van der Waals surface area contributed by atoms with E-state index in [0.717, 1.165) is 0 Å². The van der Waals surface area contributed by atoms with Crippen molar-refractivity contribution in [2.45, 2.75) is 6.92 Å². The Kier molecular flexibility index (Phi) is 4.94. The molecule has 0 N–H and O–H groups in total. The van der Waals surface area contributed by atoms with E-state index in [4.69, 9.17) is 9.05 Å². The molecule has 0 aliphatic carbocycles. The maximum atomic E-state index is 12.7. The van der Waals surface area contributed by atoms with Crippen LogP contribution in [-0.2, 0) is 4.57 Å². The van der Waals surface area contributed by atoms with Gasteiger partial charge in [-0.2, -0.15) is 0 Å². The summed E-state index contributed by atoms with van der Waals surface area (Å²) < 4.78 is 23.8. The molecular formula is C14H15O3PS. The molecule has 0 amide bonds. The van der Waals surface area contributed by atoms with Gasteiger partial charge in [0.15, 0.2) is 0 Å². The normalized spacial score (nSPS) is 11.0. The monoisotopic (exact) mass is 294 g/mol. The zero-order chi connectivity index (χ0) is 13.6. The van der Waals surface area contributed by atoms with Crippen LogP contribution in [0.15, 0.2) is 60.7 Å². The fourth-order valence-electron chi connectivity index (χ4n) is 1.45. The van der Waals surface area contributed by atoms with E-state index in [2.05, 4.69) is 0 Å². The topological polar surface area (TPSA) is 35.5 Å². The highest BCUT2D eigenvalue weighted by Crippen LogP contribution is 2.59. The molecule has 0 fully saturated rings. The van der Waals surface area contributed by atoms with Crippen LogP contribution >= 0.6 is 18.2 Å². The summed E-state index contributed by atoms with van der Waals surface area (Å²) in [6, 6.07) is 18.1. The summed E-state index contributed by atoms with van der Waals surface area (Å²) in [5.74, 6) is 1.74. The highest BCUT2D eigenvalue weighted by Gasteiger charge is 2.28. The van der Waals surface area contributed by atoms with Crippen molar-refractivity contribution in [1.82, 2.24) is 0 Å². The zero-order valence-corrected chi connectivity index (χ0v) is 12.3. The molecule has 0 aliphatic rings. The predicted octanol–water partition coefficient (Wildman–Crippen LogP) is 5.01. The Hall–Kier alpha value is -1.38. The number of rotatable bonds is 6. The van der Waals surface area contributed by atoms with Gasteiger partial charge in [0.05, 0.1) is 0 Å². The standard InChI is InChI=1S/C14H15O3PS/c1-2-19-18(15,16-13-9-5-3-6-10-13)17-14-11-7-4-8-12-14/h3-12H,2H2,1H3. The van der Waals surface area contributed by atoms with Gasteiger partial charge in [-0.25, -0.2) is 4.57 Å². The molecule has 0 saturated heterocycles. The molecule has 0 bridgehead atoms. The summed E-state index contributed by atoms with van der Waals surface area (Å²) >= 11 is 1.18. The van der Waals surface area contributed by atoms with E-state index in [9.17, 15) is 4.57 Å². The molecule has 0 aliphatic heterocycles. The lowest BCUT2D eigenvalue weighted by atomic mass is 10.3. The van der Waals surface area contributed by atoms with Gasteiger partial charge in [0, 0.05) is 5.75 Å². The summed E-state index contributed by atoms with van der Waals surface area (Å²) in [7, 11) is 0. The second-order valence-corrected chi connectivity index (χ2v) is 7.89. The minimum atomic E-state index is -3.25. The van der Waals surface area contributed by atoms with Gasteiger partial charge in [-0.1, -0.05) is 43.3 Å². The quantitative estimate of drug-likeness (QED) is 0.702. The van der Waals surface area contributed by atoms with Crippen molar-refractivity contribution in [2.24, 2.45) is 0 Å². The van der Waals surface area contributed by atoms with Crippen molar-refractivity contribution in [3.8, 4) is 11.5 Å². The molecule has 2 rings (SSSR count). The number of hydrogen-bond acceptors (Lipinski definition) is 4. The third kappa shape index (κ3) is 4.34. The van der Waals surface area contributed by atoms with Crippen molar-refractivity contribution in [2.75, 3.05) is 5.75 Å². The third-order valence-corrected chi connectivity index (χ3v) is 5.82. The van der Waals surface area contributed by atoms with Gasteiger partial charge in [0.25, 0.3) is 0 Å². The first-order chi connectivity index (χ1) is 9.22. The number of para-hydroxylation sites is 2.